The third kappa shape index (κ3) is 3.53. The molecule has 0 radical (unpaired) electrons. The fourth-order valence-electron chi connectivity index (χ4n) is 3.29. The number of hydrogen-bond acceptors (Lipinski definition) is 3. The number of likely N-dealkylation sites (tertiary alicyclic amines) is 1. The van der Waals surface area contributed by atoms with Gasteiger partial charge in [-0.3, -0.25) is 4.90 Å². The fraction of sp³-hybridized carbons (Fsp3) is 0.647. The molecule has 0 bridgehead atoms. The zero-order chi connectivity index (χ0) is 13.8. The SMILES string of the molecule is CC(Nc1cccc(CN2CCCC2)c1)C1CCOC1. The van der Waals surface area contributed by atoms with Crippen LogP contribution in [0, 0.1) is 5.92 Å². The molecular weight excluding hydrogens is 248 g/mol. The second-order valence-electron chi connectivity index (χ2n) is 6.24. The van der Waals surface area contributed by atoms with E-state index in [4.69, 9.17) is 4.74 Å². The molecule has 20 heavy (non-hydrogen) atoms. The molecule has 1 aromatic carbocycles. The zero-order valence-corrected chi connectivity index (χ0v) is 12.5. The molecule has 2 aliphatic heterocycles. The number of benzene rings is 1. The van der Waals surface area contributed by atoms with Crippen LogP contribution < -0.4 is 5.32 Å². The summed E-state index contributed by atoms with van der Waals surface area (Å²) in [4.78, 5) is 2.55. The Bertz CT molecular complexity index is 423. The summed E-state index contributed by atoms with van der Waals surface area (Å²) >= 11 is 0. The Kier molecular flexibility index (Phi) is 4.58. The molecule has 3 heteroatoms. The zero-order valence-electron chi connectivity index (χ0n) is 12.5. The molecule has 2 fully saturated rings. The van der Waals surface area contributed by atoms with E-state index >= 15 is 0 Å². The molecule has 2 unspecified atom stereocenters. The molecule has 1 N–H and O–H groups in total. The standard InChI is InChI=1S/C17H26N2O/c1-14(16-7-10-20-13-16)18-17-6-4-5-15(11-17)12-19-8-2-3-9-19/h4-6,11,14,16,18H,2-3,7-10,12-13H2,1H3. The van der Waals surface area contributed by atoms with Gasteiger partial charge in [-0.25, -0.2) is 0 Å². The highest BCUT2D eigenvalue weighted by atomic mass is 16.5. The van der Waals surface area contributed by atoms with Gasteiger partial charge in [-0.15, -0.1) is 0 Å². The predicted molar refractivity (Wildman–Crippen MR) is 83.0 cm³/mol. The highest BCUT2D eigenvalue weighted by molar-refractivity contribution is 5.46. The van der Waals surface area contributed by atoms with Crippen LogP contribution in [0.15, 0.2) is 24.3 Å². The summed E-state index contributed by atoms with van der Waals surface area (Å²) in [6.07, 6.45) is 3.90. The van der Waals surface area contributed by atoms with E-state index in [-0.39, 0.29) is 0 Å². The van der Waals surface area contributed by atoms with Gasteiger partial charge in [0.1, 0.15) is 0 Å². The Morgan fingerprint density at radius 2 is 2.20 bits per heavy atom. The van der Waals surface area contributed by atoms with Gasteiger partial charge in [-0.2, -0.15) is 0 Å². The maximum absolute atomic E-state index is 5.48. The van der Waals surface area contributed by atoms with E-state index < -0.39 is 0 Å². The number of anilines is 1. The number of rotatable bonds is 5. The van der Waals surface area contributed by atoms with Gasteiger partial charge in [0.15, 0.2) is 0 Å². The molecule has 2 atom stereocenters. The molecular formula is C17H26N2O. The van der Waals surface area contributed by atoms with Gasteiger partial charge in [0, 0.05) is 30.8 Å². The Hall–Kier alpha value is -1.06. The minimum atomic E-state index is 0.486. The molecule has 3 rings (SSSR count). The predicted octanol–water partition coefficient (Wildman–Crippen LogP) is 3.12. The van der Waals surface area contributed by atoms with Gasteiger partial charge >= 0.3 is 0 Å². The normalized spacial score (nSPS) is 24.9. The van der Waals surface area contributed by atoms with Gasteiger partial charge < -0.3 is 10.1 Å². The summed E-state index contributed by atoms with van der Waals surface area (Å²) in [7, 11) is 0. The molecule has 1 aromatic rings. The molecule has 0 aromatic heterocycles. The number of hydrogen-bond donors (Lipinski definition) is 1. The van der Waals surface area contributed by atoms with Crippen molar-refractivity contribution < 1.29 is 4.74 Å². The summed E-state index contributed by atoms with van der Waals surface area (Å²) in [5.74, 6) is 0.650. The summed E-state index contributed by atoms with van der Waals surface area (Å²) in [6, 6.07) is 9.39. The van der Waals surface area contributed by atoms with Crippen LogP contribution in [0.4, 0.5) is 5.69 Å². The second-order valence-corrected chi connectivity index (χ2v) is 6.24. The molecule has 2 saturated heterocycles. The Morgan fingerprint density at radius 3 is 2.95 bits per heavy atom. The van der Waals surface area contributed by atoms with Crippen molar-refractivity contribution in [3.63, 3.8) is 0 Å². The molecule has 2 heterocycles. The van der Waals surface area contributed by atoms with Crippen molar-refractivity contribution in [3.05, 3.63) is 29.8 Å². The van der Waals surface area contributed by atoms with E-state index in [0.29, 0.717) is 12.0 Å². The van der Waals surface area contributed by atoms with E-state index in [1.807, 2.05) is 0 Å². The van der Waals surface area contributed by atoms with Crippen LogP contribution in [0.25, 0.3) is 0 Å². The third-order valence-corrected chi connectivity index (χ3v) is 4.60. The first-order chi connectivity index (χ1) is 9.81. The van der Waals surface area contributed by atoms with Crippen LogP contribution in [0.2, 0.25) is 0 Å². The van der Waals surface area contributed by atoms with E-state index in [1.165, 1.54) is 43.6 Å². The van der Waals surface area contributed by atoms with Crippen LogP contribution in [0.1, 0.15) is 31.7 Å². The van der Waals surface area contributed by atoms with Crippen molar-refractivity contribution in [1.29, 1.82) is 0 Å². The lowest BCUT2D eigenvalue weighted by molar-refractivity contribution is 0.183. The second kappa shape index (κ2) is 6.59. The van der Waals surface area contributed by atoms with Gasteiger partial charge in [0.05, 0.1) is 6.61 Å². The van der Waals surface area contributed by atoms with Crippen molar-refractivity contribution in [3.8, 4) is 0 Å². The maximum Gasteiger partial charge on any atom is 0.0514 e. The first-order valence-corrected chi connectivity index (χ1v) is 7.97. The van der Waals surface area contributed by atoms with Crippen LogP contribution >= 0.6 is 0 Å². The average Bonchev–Trinajstić information content (AvgIpc) is 3.12. The van der Waals surface area contributed by atoms with Crippen molar-refractivity contribution in [2.24, 2.45) is 5.92 Å². The lowest BCUT2D eigenvalue weighted by atomic mass is 10.0. The van der Waals surface area contributed by atoms with Crippen molar-refractivity contribution in [1.82, 2.24) is 4.90 Å². The van der Waals surface area contributed by atoms with E-state index in [9.17, 15) is 0 Å². The first-order valence-electron chi connectivity index (χ1n) is 7.97. The molecule has 3 nitrogen and oxygen atoms in total. The van der Waals surface area contributed by atoms with Crippen LogP contribution in [-0.2, 0) is 11.3 Å². The van der Waals surface area contributed by atoms with E-state index in [1.54, 1.807) is 0 Å². The average molecular weight is 274 g/mol. The van der Waals surface area contributed by atoms with Crippen LogP contribution in [0.3, 0.4) is 0 Å². The summed E-state index contributed by atoms with van der Waals surface area (Å²) in [5, 5.41) is 3.65. The summed E-state index contributed by atoms with van der Waals surface area (Å²) in [5.41, 5.74) is 2.67. The fourth-order valence-corrected chi connectivity index (χ4v) is 3.29. The van der Waals surface area contributed by atoms with Crippen molar-refractivity contribution >= 4 is 5.69 Å². The van der Waals surface area contributed by atoms with E-state index in [2.05, 4.69) is 41.4 Å². The quantitative estimate of drug-likeness (QED) is 0.893. The third-order valence-electron chi connectivity index (χ3n) is 4.60. The van der Waals surface area contributed by atoms with Crippen LogP contribution in [-0.4, -0.2) is 37.2 Å². The summed E-state index contributed by atoms with van der Waals surface area (Å²) < 4.78 is 5.48. The highest BCUT2D eigenvalue weighted by Gasteiger charge is 2.22. The van der Waals surface area contributed by atoms with Crippen molar-refractivity contribution in [2.45, 2.75) is 38.8 Å². The number of ether oxygens (including phenoxy) is 1. The first kappa shape index (κ1) is 13.9. The van der Waals surface area contributed by atoms with Gasteiger partial charge in [-0.05, 0) is 57.0 Å². The van der Waals surface area contributed by atoms with Crippen LogP contribution in [0.5, 0.6) is 0 Å². The monoisotopic (exact) mass is 274 g/mol. The lowest BCUT2D eigenvalue weighted by Gasteiger charge is -2.21. The van der Waals surface area contributed by atoms with Crippen molar-refractivity contribution in [2.75, 3.05) is 31.6 Å². The number of nitrogens with zero attached hydrogens (tertiary/aromatic N) is 1. The molecule has 0 spiro atoms. The Morgan fingerprint density at radius 1 is 1.35 bits per heavy atom. The molecule has 2 aliphatic rings. The Labute approximate surface area is 122 Å². The molecule has 0 saturated carbocycles. The minimum absolute atomic E-state index is 0.486. The topological polar surface area (TPSA) is 24.5 Å². The van der Waals surface area contributed by atoms with E-state index in [0.717, 1.165) is 19.8 Å². The maximum atomic E-state index is 5.48. The summed E-state index contributed by atoms with van der Waals surface area (Å²) in [6.45, 7) is 7.71. The molecule has 110 valence electrons. The van der Waals surface area contributed by atoms with Gasteiger partial charge in [0.25, 0.3) is 0 Å². The molecule has 0 aliphatic carbocycles. The number of nitrogens with one attached hydrogen (secondary N) is 1. The smallest absolute Gasteiger partial charge is 0.0514 e. The lowest BCUT2D eigenvalue weighted by Crippen LogP contribution is -2.26. The highest BCUT2D eigenvalue weighted by Crippen LogP contribution is 2.21. The minimum Gasteiger partial charge on any atom is -0.382 e. The van der Waals surface area contributed by atoms with Gasteiger partial charge in [0.2, 0.25) is 0 Å². The Balaban J connectivity index is 1.58. The van der Waals surface area contributed by atoms with Gasteiger partial charge in [-0.1, -0.05) is 12.1 Å². The molecule has 0 amide bonds. The largest absolute Gasteiger partial charge is 0.382 e.